The molecule has 22 heavy (non-hydrogen) atoms. The third-order valence-electron chi connectivity index (χ3n) is 3.20. The molecule has 114 valence electrons. The van der Waals surface area contributed by atoms with Crippen molar-refractivity contribution in [3.63, 3.8) is 0 Å². The molecule has 0 aliphatic carbocycles. The number of rotatable bonds is 4. The smallest absolute Gasteiger partial charge is 0.255 e. The molecule has 1 aromatic carbocycles. The number of hydrogen-bond donors (Lipinski definition) is 1. The van der Waals surface area contributed by atoms with E-state index in [0.717, 1.165) is 11.3 Å². The number of anilines is 1. The summed E-state index contributed by atoms with van der Waals surface area (Å²) in [6.07, 6.45) is 3.36. The Bertz CT molecular complexity index is 666. The normalized spacial score (nSPS) is 15.8. The van der Waals surface area contributed by atoms with Crippen molar-refractivity contribution < 1.29 is 14.3 Å². The van der Waals surface area contributed by atoms with E-state index in [9.17, 15) is 4.79 Å². The molecule has 0 aromatic heterocycles. The van der Waals surface area contributed by atoms with Crippen molar-refractivity contribution in [1.82, 2.24) is 0 Å². The molecule has 0 atom stereocenters. The number of carbonyl (C=O) groups excluding carboxylic acids is 1. The van der Waals surface area contributed by atoms with Gasteiger partial charge in [0.1, 0.15) is 18.1 Å². The van der Waals surface area contributed by atoms with Crippen molar-refractivity contribution in [2.24, 2.45) is 0 Å². The minimum Gasteiger partial charge on any atom is -0.497 e. The van der Waals surface area contributed by atoms with Gasteiger partial charge in [0.05, 0.1) is 12.7 Å². The first-order valence-corrected chi connectivity index (χ1v) is 6.85. The van der Waals surface area contributed by atoms with Crippen LogP contribution in [0.4, 0.5) is 5.69 Å². The van der Waals surface area contributed by atoms with Crippen molar-refractivity contribution in [3.05, 3.63) is 77.8 Å². The van der Waals surface area contributed by atoms with Crippen LogP contribution < -0.4 is 5.32 Å². The summed E-state index contributed by atoms with van der Waals surface area (Å²) < 4.78 is 10.5. The number of aryl methyl sites for hydroxylation is 1. The Hall–Kier alpha value is -2.75. The topological polar surface area (TPSA) is 47.6 Å². The van der Waals surface area contributed by atoms with Gasteiger partial charge >= 0.3 is 0 Å². The quantitative estimate of drug-likeness (QED) is 0.865. The van der Waals surface area contributed by atoms with Crippen LogP contribution in [0.3, 0.4) is 0 Å². The Kier molecular flexibility index (Phi) is 4.84. The Morgan fingerprint density at radius 2 is 2.05 bits per heavy atom. The molecule has 1 aromatic rings. The number of methoxy groups -OCH3 is 1. The van der Waals surface area contributed by atoms with Gasteiger partial charge in [0.25, 0.3) is 5.91 Å². The molecule has 0 radical (unpaired) electrons. The summed E-state index contributed by atoms with van der Waals surface area (Å²) in [6, 6.07) is 7.61. The number of hydrogen-bond acceptors (Lipinski definition) is 3. The summed E-state index contributed by atoms with van der Waals surface area (Å²) in [6.45, 7) is 9.76. The maximum Gasteiger partial charge on any atom is 0.255 e. The molecule has 0 fully saturated rings. The van der Waals surface area contributed by atoms with Gasteiger partial charge in [-0.1, -0.05) is 30.9 Å². The number of ether oxygens (including phenoxy) is 2. The zero-order chi connectivity index (χ0) is 16.1. The lowest BCUT2D eigenvalue weighted by Gasteiger charge is -2.19. The summed E-state index contributed by atoms with van der Waals surface area (Å²) in [5, 5.41) is 2.84. The second kappa shape index (κ2) is 6.80. The maximum atomic E-state index is 12.2. The molecule has 0 saturated carbocycles. The predicted molar refractivity (Wildman–Crippen MR) is 87.2 cm³/mol. The number of allylic oxidation sites excluding steroid dienone is 2. The van der Waals surface area contributed by atoms with Crippen LogP contribution in [0.25, 0.3) is 0 Å². The van der Waals surface area contributed by atoms with Gasteiger partial charge in [0, 0.05) is 17.3 Å². The zero-order valence-electron chi connectivity index (χ0n) is 12.8. The summed E-state index contributed by atoms with van der Waals surface area (Å²) in [4.78, 5) is 12.2. The largest absolute Gasteiger partial charge is 0.497 e. The first-order chi connectivity index (χ1) is 10.5. The van der Waals surface area contributed by atoms with Gasteiger partial charge in [-0.05, 0) is 25.1 Å². The predicted octanol–water partition coefficient (Wildman–Crippen LogP) is 3.49. The molecule has 1 N–H and O–H groups in total. The summed E-state index contributed by atoms with van der Waals surface area (Å²) in [7, 11) is 1.53. The van der Waals surface area contributed by atoms with E-state index in [1.54, 1.807) is 12.2 Å². The molecule has 4 heteroatoms. The van der Waals surface area contributed by atoms with E-state index < -0.39 is 0 Å². The second-order valence-corrected chi connectivity index (χ2v) is 4.98. The third kappa shape index (κ3) is 3.88. The highest BCUT2D eigenvalue weighted by molar-refractivity contribution is 6.04. The highest BCUT2D eigenvalue weighted by atomic mass is 16.5. The number of carbonyl (C=O) groups is 1. The summed E-state index contributed by atoms with van der Waals surface area (Å²) in [5.41, 5.74) is 3.01. The molecule has 1 aliphatic heterocycles. The van der Waals surface area contributed by atoms with Crippen molar-refractivity contribution in [2.45, 2.75) is 6.92 Å². The fourth-order valence-corrected chi connectivity index (χ4v) is 1.89. The van der Waals surface area contributed by atoms with Gasteiger partial charge in [0.2, 0.25) is 0 Å². The molecule has 4 nitrogen and oxygen atoms in total. The fraction of sp³-hybridized carbons (Fsp3) is 0.167. The van der Waals surface area contributed by atoms with Crippen molar-refractivity contribution in [2.75, 3.05) is 19.0 Å². The van der Waals surface area contributed by atoms with Gasteiger partial charge in [-0.15, -0.1) is 0 Å². The standard InChI is InChI=1S/C18H19NO3/c1-12-5-7-16(8-6-12)19-18(20)15-9-13(2)17(22-11-15)10-14(3)21-4/h5-10H,2-3,11H2,1,4H3,(H,19,20)/b17-10+. The molecule has 1 aliphatic rings. The van der Waals surface area contributed by atoms with Crippen molar-refractivity contribution >= 4 is 11.6 Å². The fourth-order valence-electron chi connectivity index (χ4n) is 1.89. The monoisotopic (exact) mass is 297 g/mol. The van der Waals surface area contributed by atoms with Crippen LogP contribution in [0, 0.1) is 6.92 Å². The van der Waals surface area contributed by atoms with Crippen LogP contribution >= 0.6 is 0 Å². The lowest BCUT2D eigenvalue weighted by Crippen LogP contribution is -2.21. The molecular weight excluding hydrogens is 278 g/mol. The van der Waals surface area contributed by atoms with Crippen LogP contribution in [-0.4, -0.2) is 19.6 Å². The van der Waals surface area contributed by atoms with Gasteiger partial charge in [0.15, 0.2) is 0 Å². The van der Waals surface area contributed by atoms with Crippen LogP contribution in [0.15, 0.2) is 72.2 Å². The maximum absolute atomic E-state index is 12.2. The Balaban J connectivity index is 2.07. The van der Waals surface area contributed by atoms with E-state index >= 15 is 0 Å². The molecule has 1 amide bonds. The van der Waals surface area contributed by atoms with Crippen LogP contribution in [0.5, 0.6) is 0 Å². The molecule has 0 spiro atoms. The lowest BCUT2D eigenvalue weighted by atomic mass is 10.1. The SMILES string of the molecule is C=C(/C=C1/OCC(C(=O)Nc2ccc(C)cc2)=CC1=C)OC. The molecule has 1 heterocycles. The minimum atomic E-state index is -0.199. The average Bonchev–Trinajstić information content (AvgIpc) is 2.51. The van der Waals surface area contributed by atoms with Crippen LogP contribution in [0.1, 0.15) is 5.56 Å². The Labute approximate surface area is 130 Å². The van der Waals surface area contributed by atoms with Gasteiger partial charge in [-0.25, -0.2) is 0 Å². The first-order valence-electron chi connectivity index (χ1n) is 6.85. The van der Waals surface area contributed by atoms with E-state index in [0.29, 0.717) is 22.7 Å². The molecule has 0 unspecified atom stereocenters. The average molecular weight is 297 g/mol. The second-order valence-electron chi connectivity index (χ2n) is 4.98. The van der Waals surface area contributed by atoms with E-state index in [1.165, 1.54) is 7.11 Å². The number of nitrogens with one attached hydrogen (secondary N) is 1. The summed E-state index contributed by atoms with van der Waals surface area (Å²) in [5.74, 6) is 0.825. The van der Waals surface area contributed by atoms with Gasteiger partial charge < -0.3 is 14.8 Å². The molecular formula is C18H19NO3. The van der Waals surface area contributed by atoms with Crippen molar-refractivity contribution in [1.29, 1.82) is 0 Å². The Morgan fingerprint density at radius 3 is 2.64 bits per heavy atom. The third-order valence-corrected chi connectivity index (χ3v) is 3.20. The summed E-state index contributed by atoms with van der Waals surface area (Å²) >= 11 is 0. The molecule has 0 bridgehead atoms. The van der Waals surface area contributed by atoms with E-state index in [2.05, 4.69) is 18.5 Å². The van der Waals surface area contributed by atoms with E-state index in [1.807, 2.05) is 31.2 Å². The lowest BCUT2D eigenvalue weighted by molar-refractivity contribution is -0.113. The number of benzene rings is 1. The zero-order valence-corrected chi connectivity index (χ0v) is 12.8. The van der Waals surface area contributed by atoms with Gasteiger partial charge in [-0.2, -0.15) is 0 Å². The first kappa shape index (κ1) is 15.6. The van der Waals surface area contributed by atoms with E-state index in [4.69, 9.17) is 9.47 Å². The van der Waals surface area contributed by atoms with Gasteiger partial charge in [-0.3, -0.25) is 4.79 Å². The highest BCUT2D eigenvalue weighted by Crippen LogP contribution is 2.22. The van der Waals surface area contributed by atoms with Crippen molar-refractivity contribution in [3.8, 4) is 0 Å². The van der Waals surface area contributed by atoms with Crippen LogP contribution in [0.2, 0.25) is 0 Å². The molecule has 2 rings (SSSR count). The highest BCUT2D eigenvalue weighted by Gasteiger charge is 2.18. The molecule has 0 saturated heterocycles. The van der Waals surface area contributed by atoms with E-state index in [-0.39, 0.29) is 12.5 Å². The Morgan fingerprint density at radius 1 is 1.36 bits per heavy atom. The minimum absolute atomic E-state index is 0.180. The number of amides is 1. The van der Waals surface area contributed by atoms with Crippen LogP contribution in [-0.2, 0) is 14.3 Å².